The van der Waals surface area contributed by atoms with E-state index < -0.39 is 0 Å². The summed E-state index contributed by atoms with van der Waals surface area (Å²) in [6.07, 6.45) is 14.8. The number of nitrogens with one attached hydrogen (secondary N) is 1. The summed E-state index contributed by atoms with van der Waals surface area (Å²) in [7, 11) is 0. The smallest absolute Gasteiger partial charge is 0.251 e. The number of carbonyl (C=O) groups is 1. The van der Waals surface area contributed by atoms with E-state index in [1.165, 1.54) is 70.8 Å². The van der Waals surface area contributed by atoms with E-state index in [2.05, 4.69) is 25.3 Å². The molecule has 2 aromatic rings. The van der Waals surface area contributed by atoms with Crippen LogP contribution in [0.2, 0.25) is 0 Å². The summed E-state index contributed by atoms with van der Waals surface area (Å²) >= 11 is 0. The number of nitrogens with zero attached hydrogens (tertiary/aromatic N) is 5. The van der Waals surface area contributed by atoms with E-state index in [1.54, 1.807) is 29.3 Å². The van der Waals surface area contributed by atoms with Gasteiger partial charge < -0.3 is 5.32 Å². The van der Waals surface area contributed by atoms with Gasteiger partial charge in [0.15, 0.2) is 5.82 Å². The number of hydrogen-bond donors (Lipinski definition) is 1. The maximum Gasteiger partial charge on any atom is 0.251 e. The highest BCUT2D eigenvalue weighted by Crippen LogP contribution is 2.35. The van der Waals surface area contributed by atoms with E-state index in [0.29, 0.717) is 11.4 Å². The molecule has 1 aliphatic carbocycles. The minimum absolute atomic E-state index is 0.0410. The minimum atomic E-state index is -0.0410. The third-order valence-electron chi connectivity index (χ3n) is 6.05. The monoisotopic (exact) mass is 368 g/mol. The molecule has 0 aromatic carbocycles. The van der Waals surface area contributed by atoms with Crippen LogP contribution in [-0.4, -0.2) is 55.7 Å². The Kier molecular flexibility index (Phi) is 5.48. The number of piperidine rings is 1. The lowest BCUT2D eigenvalue weighted by Gasteiger charge is -2.48. The van der Waals surface area contributed by atoms with Gasteiger partial charge in [0.2, 0.25) is 0 Å². The van der Waals surface area contributed by atoms with Crippen LogP contribution in [0, 0.1) is 0 Å². The Morgan fingerprint density at radius 2 is 1.89 bits per heavy atom. The van der Waals surface area contributed by atoms with Crippen LogP contribution < -0.4 is 5.32 Å². The first-order valence-corrected chi connectivity index (χ1v) is 10.1. The van der Waals surface area contributed by atoms with Crippen LogP contribution in [0.15, 0.2) is 31.0 Å². The van der Waals surface area contributed by atoms with Crippen LogP contribution in [0.5, 0.6) is 0 Å². The zero-order valence-electron chi connectivity index (χ0n) is 15.8. The van der Waals surface area contributed by atoms with Gasteiger partial charge in [0.05, 0.1) is 0 Å². The van der Waals surface area contributed by atoms with Crippen molar-refractivity contribution in [3.05, 3.63) is 36.5 Å². The van der Waals surface area contributed by atoms with Gasteiger partial charge in [-0.2, -0.15) is 5.10 Å². The molecule has 7 heteroatoms. The fraction of sp³-hybridized carbons (Fsp3) is 0.600. The summed E-state index contributed by atoms with van der Waals surface area (Å²) in [6.45, 7) is 3.07. The second-order valence-electron chi connectivity index (χ2n) is 7.76. The quantitative estimate of drug-likeness (QED) is 0.878. The zero-order valence-corrected chi connectivity index (χ0v) is 15.8. The summed E-state index contributed by atoms with van der Waals surface area (Å²) in [5, 5.41) is 7.31. The SMILES string of the molecule is O=C(NCC1(N2CCCCC2)CCCCC1)c1ccnc(-n2cncn2)c1. The molecule has 27 heavy (non-hydrogen) atoms. The first-order valence-electron chi connectivity index (χ1n) is 10.1. The van der Waals surface area contributed by atoms with Gasteiger partial charge in [-0.25, -0.2) is 14.6 Å². The van der Waals surface area contributed by atoms with Crippen molar-refractivity contribution in [3.8, 4) is 5.82 Å². The lowest BCUT2D eigenvalue weighted by molar-refractivity contribution is 0.0326. The van der Waals surface area contributed by atoms with Gasteiger partial charge >= 0.3 is 0 Å². The Morgan fingerprint density at radius 3 is 2.63 bits per heavy atom. The first kappa shape index (κ1) is 18.1. The molecule has 0 unspecified atom stereocenters. The molecule has 0 bridgehead atoms. The molecule has 2 aromatic heterocycles. The highest BCUT2D eigenvalue weighted by atomic mass is 16.1. The van der Waals surface area contributed by atoms with E-state index in [1.807, 2.05) is 0 Å². The molecule has 4 rings (SSSR count). The van der Waals surface area contributed by atoms with Crippen molar-refractivity contribution < 1.29 is 4.79 Å². The highest BCUT2D eigenvalue weighted by Gasteiger charge is 2.38. The lowest BCUT2D eigenvalue weighted by atomic mass is 9.79. The third kappa shape index (κ3) is 4.03. The van der Waals surface area contributed by atoms with Crippen molar-refractivity contribution in [2.45, 2.75) is 56.9 Å². The Bertz CT molecular complexity index is 748. The molecule has 7 nitrogen and oxygen atoms in total. The summed E-state index contributed by atoms with van der Waals surface area (Å²) < 4.78 is 1.56. The van der Waals surface area contributed by atoms with Crippen LogP contribution in [0.1, 0.15) is 61.7 Å². The first-order chi connectivity index (χ1) is 13.3. The van der Waals surface area contributed by atoms with Crippen molar-refractivity contribution >= 4 is 5.91 Å². The van der Waals surface area contributed by atoms with E-state index >= 15 is 0 Å². The summed E-state index contributed by atoms with van der Waals surface area (Å²) in [5.74, 6) is 0.560. The van der Waals surface area contributed by atoms with Gasteiger partial charge in [-0.15, -0.1) is 0 Å². The molecule has 2 aliphatic rings. The maximum atomic E-state index is 12.8. The second kappa shape index (κ2) is 8.17. The zero-order chi connectivity index (χ0) is 18.5. The number of aromatic nitrogens is 4. The average molecular weight is 368 g/mol. The molecule has 144 valence electrons. The molecular formula is C20H28N6O. The molecule has 0 radical (unpaired) electrons. The van der Waals surface area contributed by atoms with Crippen molar-refractivity contribution in [2.24, 2.45) is 0 Å². The standard InChI is InChI=1S/C20H28N6O/c27-19(17-7-10-22-18(13-17)26-16-21-15-24-26)23-14-20(8-3-1-4-9-20)25-11-5-2-6-12-25/h7,10,13,15-16H,1-6,8-9,11-12,14H2,(H,23,27). The number of amides is 1. The van der Waals surface area contributed by atoms with Gasteiger partial charge in [0.1, 0.15) is 12.7 Å². The number of carbonyl (C=O) groups excluding carboxylic acids is 1. The molecule has 1 saturated heterocycles. The summed E-state index contributed by atoms with van der Waals surface area (Å²) in [5.41, 5.74) is 0.746. The van der Waals surface area contributed by atoms with Crippen molar-refractivity contribution in [1.29, 1.82) is 0 Å². The molecular weight excluding hydrogens is 340 g/mol. The molecule has 0 spiro atoms. The number of pyridine rings is 1. The average Bonchev–Trinajstić information content (AvgIpc) is 3.28. The lowest BCUT2D eigenvalue weighted by Crippen LogP contribution is -2.58. The van der Waals surface area contributed by atoms with Crippen LogP contribution in [-0.2, 0) is 0 Å². The molecule has 1 saturated carbocycles. The van der Waals surface area contributed by atoms with E-state index in [9.17, 15) is 4.79 Å². The van der Waals surface area contributed by atoms with Crippen LogP contribution >= 0.6 is 0 Å². The van der Waals surface area contributed by atoms with E-state index in [0.717, 1.165) is 6.54 Å². The Hall–Kier alpha value is -2.28. The molecule has 0 atom stereocenters. The van der Waals surface area contributed by atoms with E-state index in [-0.39, 0.29) is 11.4 Å². The minimum Gasteiger partial charge on any atom is -0.350 e. The highest BCUT2D eigenvalue weighted by molar-refractivity contribution is 5.94. The fourth-order valence-electron chi connectivity index (χ4n) is 4.54. The Labute approximate surface area is 160 Å². The molecule has 2 fully saturated rings. The van der Waals surface area contributed by atoms with Gasteiger partial charge in [0.25, 0.3) is 5.91 Å². The third-order valence-corrected chi connectivity index (χ3v) is 6.05. The van der Waals surface area contributed by atoms with E-state index in [4.69, 9.17) is 0 Å². The van der Waals surface area contributed by atoms with Gasteiger partial charge in [-0.1, -0.05) is 25.7 Å². The summed E-state index contributed by atoms with van der Waals surface area (Å²) in [6, 6.07) is 3.52. The van der Waals surface area contributed by atoms with Crippen LogP contribution in [0.4, 0.5) is 0 Å². The summed E-state index contributed by atoms with van der Waals surface area (Å²) in [4.78, 5) is 23.7. The van der Waals surface area contributed by atoms with Crippen LogP contribution in [0.3, 0.4) is 0 Å². The predicted molar refractivity (Wildman–Crippen MR) is 103 cm³/mol. The number of rotatable bonds is 5. The molecule has 1 N–H and O–H groups in total. The Balaban J connectivity index is 1.46. The topological polar surface area (TPSA) is 75.9 Å². The van der Waals surface area contributed by atoms with Gasteiger partial charge in [-0.05, 0) is 50.9 Å². The van der Waals surface area contributed by atoms with Gasteiger partial charge in [0, 0.05) is 23.8 Å². The maximum absolute atomic E-state index is 12.8. The molecule has 1 aliphatic heterocycles. The predicted octanol–water partition coefficient (Wildman–Crippen LogP) is 2.58. The largest absolute Gasteiger partial charge is 0.350 e. The fourth-order valence-corrected chi connectivity index (χ4v) is 4.54. The van der Waals surface area contributed by atoms with Gasteiger partial charge in [-0.3, -0.25) is 9.69 Å². The van der Waals surface area contributed by atoms with Crippen molar-refractivity contribution in [3.63, 3.8) is 0 Å². The number of hydrogen-bond acceptors (Lipinski definition) is 5. The van der Waals surface area contributed by atoms with Crippen molar-refractivity contribution in [1.82, 2.24) is 30.0 Å². The number of likely N-dealkylation sites (tertiary alicyclic amines) is 1. The molecule has 3 heterocycles. The van der Waals surface area contributed by atoms with Crippen LogP contribution in [0.25, 0.3) is 5.82 Å². The molecule has 1 amide bonds. The Morgan fingerprint density at radius 1 is 1.11 bits per heavy atom. The normalized spacial score (nSPS) is 20.3. The van der Waals surface area contributed by atoms with Crippen molar-refractivity contribution in [2.75, 3.05) is 19.6 Å². The second-order valence-corrected chi connectivity index (χ2v) is 7.76.